The van der Waals surface area contributed by atoms with Gasteiger partial charge < -0.3 is 30.4 Å². The molecular formula is C25H30F2N8O2. The summed E-state index contributed by atoms with van der Waals surface area (Å²) in [4.78, 5) is 13.3. The Morgan fingerprint density at radius 3 is 2.97 bits per heavy atom. The van der Waals surface area contributed by atoms with Gasteiger partial charge in [-0.05, 0) is 32.7 Å². The molecule has 1 aliphatic rings. The average molecular weight is 513 g/mol. The number of amidine groups is 1. The minimum atomic E-state index is -0.666. The van der Waals surface area contributed by atoms with Crippen LogP contribution in [-0.4, -0.2) is 76.8 Å². The molecule has 12 heteroatoms. The number of H-pyrrole nitrogens is 2. The molecule has 1 aliphatic heterocycles. The molecular weight excluding hydrogens is 482 g/mol. The van der Waals surface area contributed by atoms with Crippen molar-refractivity contribution in [1.29, 1.82) is 0 Å². The Labute approximate surface area is 212 Å². The predicted molar refractivity (Wildman–Crippen MR) is 141 cm³/mol. The van der Waals surface area contributed by atoms with Crippen LogP contribution in [0.4, 0.5) is 14.6 Å². The number of aliphatic imine (C=N–C) groups is 2. The van der Waals surface area contributed by atoms with Crippen LogP contribution >= 0.6 is 0 Å². The van der Waals surface area contributed by atoms with E-state index in [0.717, 1.165) is 11.8 Å². The topological polar surface area (TPSA) is 126 Å². The molecule has 37 heavy (non-hydrogen) atoms. The molecule has 1 saturated heterocycles. The normalized spacial score (nSPS) is 17.1. The van der Waals surface area contributed by atoms with Gasteiger partial charge in [0.2, 0.25) is 0 Å². The predicted octanol–water partition coefficient (Wildman–Crippen LogP) is 3.17. The molecule has 0 radical (unpaired) electrons. The summed E-state index contributed by atoms with van der Waals surface area (Å²) in [5.41, 5.74) is 1.54. The van der Waals surface area contributed by atoms with Crippen LogP contribution in [-0.2, 0) is 0 Å². The lowest BCUT2D eigenvalue weighted by molar-refractivity contribution is 0.190. The largest absolute Gasteiger partial charge is 0.468 e. The number of halogens is 2. The Hall–Kier alpha value is -4.03. The summed E-state index contributed by atoms with van der Waals surface area (Å²) in [6.07, 6.45) is 5.42. The first-order valence-corrected chi connectivity index (χ1v) is 11.8. The Kier molecular flexibility index (Phi) is 8.31. The lowest BCUT2D eigenvalue weighted by Crippen LogP contribution is -2.53. The maximum Gasteiger partial charge on any atom is 0.181 e. The van der Waals surface area contributed by atoms with Crippen molar-refractivity contribution in [3.63, 3.8) is 0 Å². The molecule has 5 N–H and O–H groups in total. The molecule has 3 heterocycles. The van der Waals surface area contributed by atoms with Crippen molar-refractivity contribution in [2.24, 2.45) is 9.98 Å². The molecule has 0 aliphatic carbocycles. The number of aliphatic hydroxyl groups excluding tert-OH is 1. The van der Waals surface area contributed by atoms with Gasteiger partial charge in [0, 0.05) is 55.0 Å². The highest BCUT2D eigenvalue weighted by Gasteiger charge is 2.21. The monoisotopic (exact) mass is 512 g/mol. The second-order valence-corrected chi connectivity index (χ2v) is 8.50. The van der Waals surface area contributed by atoms with E-state index < -0.39 is 11.6 Å². The zero-order chi connectivity index (χ0) is 26.4. The lowest BCUT2D eigenvalue weighted by Gasteiger charge is -2.34. The minimum absolute atomic E-state index is 0.0453. The van der Waals surface area contributed by atoms with Gasteiger partial charge in [0.15, 0.2) is 29.9 Å². The first-order chi connectivity index (χ1) is 17.9. The number of hydrogen-bond acceptors (Lipinski definition) is 7. The van der Waals surface area contributed by atoms with E-state index >= 15 is 0 Å². The van der Waals surface area contributed by atoms with Crippen molar-refractivity contribution in [1.82, 2.24) is 25.4 Å². The molecule has 0 saturated carbocycles. The van der Waals surface area contributed by atoms with Crippen LogP contribution in [0.3, 0.4) is 0 Å². The zero-order valence-corrected chi connectivity index (χ0v) is 20.7. The van der Waals surface area contributed by atoms with Crippen LogP contribution in [0, 0.1) is 18.6 Å². The van der Waals surface area contributed by atoms with Crippen molar-refractivity contribution >= 4 is 35.3 Å². The molecule has 10 nitrogen and oxygen atoms in total. The van der Waals surface area contributed by atoms with Crippen LogP contribution in [0.5, 0.6) is 5.75 Å². The van der Waals surface area contributed by atoms with Crippen LogP contribution in [0.15, 0.2) is 46.2 Å². The molecule has 2 aromatic heterocycles. The van der Waals surface area contributed by atoms with Gasteiger partial charge in [0.25, 0.3) is 0 Å². The van der Waals surface area contributed by atoms with Crippen molar-refractivity contribution in [2.75, 3.05) is 38.3 Å². The van der Waals surface area contributed by atoms with E-state index in [1.807, 2.05) is 30.0 Å². The fraction of sp³-hybridized carbons (Fsp3) is 0.320. The average Bonchev–Trinajstić information content (AvgIpc) is 3.52. The number of aryl methyl sites for hydroxylation is 1. The van der Waals surface area contributed by atoms with Crippen molar-refractivity contribution in [2.45, 2.75) is 19.9 Å². The molecule has 1 atom stereocenters. The molecule has 4 rings (SSSR count). The number of aromatic nitrogens is 3. The highest BCUT2D eigenvalue weighted by molar-refractivity contribution is 5.94. The number of nitrogens with one attached hydrogen (secondary N) is 4. The summed E-state index contributed by atoms with van der Waals surface area (Å²) in [6, 6.07) is 4.19. The van der Waals surface area contributed by atoms with E-state index in [1.54, 1.807) is 13.0 Å². The Balaban J connectivity index is 1.58. The minimum Gasteiger partial charge on any atom is -0.468 e. The number of fused-ring (bicyclic) bond motifs is 1. The Bertz CT molecular complexity index is 1340. The smallest absolute Gasteiger partial charge is 0.181 e. The van der Waals surface area contributed by atoms with E-state index in [0.29, 0.717) is 42.8 Å². The van der Waals surface area contributed by atoms with Gasteiger partial charge in [-0.2, -0.15) is 5.10 Å². The number of hydrogen-bond donors (Lipinski definition) is 5. The number of anilines is 1. The van der Waals surface area contributed by atoms with Gasteiger partial charge in [0.1, 0.15) is 11.7 Å². The molecule has 0 spiro atoms. The van der Waals surface area contributed by atoms with Crippen LogP contribution in [0.2, 0.25) is 0 Å². The molecule has 1 unspecified atom stereocenters. The number of rotatable bonds is 9. The number of ether oxygens (including phenoxy) is 1. The van der Waals surface area contributed by atoms with E-state index in [2.05, 4.69) is 42.5 Å². The van der Waals surface area contributed by atoms with Gasteiger partial charge in [0.05, 0.1) is 17.8 Å². The first kappa shape index (κ1) is 26.0. The summed E-state index contributed by atoms with van der Waals surface area (Å²) in [7, 11) is 0. The quantitative estimate of drug-likeness (QED) is 0.222. The Morgan fingerprint density at radius 2 is 2.22 bits per heavy atom. The fourth-order valence-corrected chi connectivity index (χ4v) is 4.04. The third kappa shape index (κ3) is 6.22. The second-order valence-electron chi connectivity index (χ2n) is 8.50. The number of aromatic amines is 2. The third-order valence-corrected chi connectivity index (χ3v) is 5.78. The number of benzene rings is 1. The van der Waals surface area contributed by atoms with Gasteiger partial charge >= 0.3 is 0 Å². The van der Waals surface area contributed by atoms with Gasteiger partial charge in [-0.3, -0.25) is 5.10 Å². The molecule has 0 bridgehead atoms. The standard InChI is InChI=1S/C25H30F2N8O2/c1-4-5-16-9-22(34-33-16)32-21(28-3)11-23(35-7-6-29-17(12-35)13-36)30-14-37-20-10-19(26)25-18(24(20)27)8-15(2)31-25/h4-5,8-11,17,29,31,36H,3,6-7,12-14H2,1-2H3,(H2,32,33,34)/b5-4+,21-11+,30-23+. The Morgan fingerprint density at radius 1 is 1.38 bits per heavy atom. The maximum atomic E-state index is 14.9. The van der Waals surface area contributed by atoms with Crippen molar-refractivity contribution in [3.8, 4) is 5.75 Å². The van der Waals surface area contributed by atoms with Crippen molar-refractivity contribution < 1.29 is 18.6 Å². The molecule has 1 fully saturated rings. The van der Waals surface area contributed by atoms with E-state index in [4.69, 9.17) is 4.74 Å². The van der Waals surface area contributed by atoms with Crippen molar-refractivity contribution in [3.05, 3.63) is 59.2 Å². The highest BCUT2D eigenvalue weighted by atomic mass is 19.1. The number of piperazine rings is 1. The highest BCUT2D eigenvalue weighted by Crippen LogP contribution is 2.29. The lowest BCUT2D eigenvalue weighted by atomic mass is 10.2. The number of allylic oxidation sites excluding steroid dienone is 1. The summed E-state index contributed by atoms with van der Waals surface area (Å²) in [5, 5.41) is 23.1. The molecule has 3 aromatic rings. The van der Waals surface area contributed by atoms with Crippen LogP contribution < -0.4 is 15.4 Å². The molecule has 0 amide bonds. The summed E-state index contributed by atoms with van der Waals surface area (Å²) in [6.45, 7) is 8.63. The molecule has 196 valence electrons. The summed E-state index contributed by atoms with van der Waals surface area (Å²) < 4.78 is 35.0. The van der Waals surface area contributed by atoms with Crippen LogP contribution in [0.25, 0.3) is 17.0 Å². The molecule has 1 aromatic carbocycles. The van der Waals surface area contributed by atoms with Gasteiger partial charge in [-0.1, -0.05) is 6.08 Å². The second kappa shape index (κ2) is 11.8. The number of aliphatic hydroxyl groups is 1. The first-order valence-electron chi connectivity index (χ1n) is 11.8. The van der Waals surface area contributed by atoms with E-state index in [-0.39, 0.29) is 36.0 Å². The fourth-order valence-electron chi connectivity index (χ4n) is 4.04. The summed E-state index contributed by atoms with van der Waals surface area (Å²) in [5.74, 6) is -0.144. The van der Waals surface area contributed by atoms with Gasteiger partial charge in [-0.15, -0.1) is 0 Å². The summed E-state index contributed by atoms with van der Waals surface area (Å²) >= 11 is 0. The number of nitrogens with zero attached hydrogens (tertiary/aromatic N) is 4. The van der Waals surface area contributed by atoms with E-state index in [9.17, 15) is 13.9 Å². The maximum absolute atomic E-state index is 14.9. The SMILES string of the molecule is C=N/C(=C\C(=N/COc1cc(F)c2[nH]c(C)cc2c1F)N1CCNC(CO)C1)Nc1cc(/C=C/C)[nH]n1. The third-order valence-electron chi connectivity index (χ3n) is 5.78. The zero-order valence-electron chi connectivity index (χ0n) is 20.7. The van der Waals surface area contributed by atoms with Gasteiger partial charge in [-0.25, -0.2) is 18.8 Å². The van der Waals surface area contributed by atoms with Crippen LogP contribution in [0.1, 0.15) is 18.3 Å². The van der Waals surface area contributed by atoms with E-state index in [1.165, 1.54) is 6.07 Å².